The van der Waals surface area contributed by atoms with Crippen LogP contribution in [0.1, 0.15) is 205 Å². The Morgan fingerprint density at radius 3 is 1.32 bits per heavy atom. The van der Waals surface area contributed by atoms with E-state index in [2.05, 4.69) is 115 Å². The van der Waals surface area contributed by atoms with E-state index < -0.39 is 0 Å². The number of benzene rings is 2. The number of rotatable bonds is 26. The first kappa shape index (κ1) is 50.8. The van der Waals surface area contributed by atoms with Gasteiger partial charge in [-0.1, -0.05) is 180 Å². The molecule has 1 heterocycles. The Hall–Kier alpha value is -2.25. The molecule has 0 atom stereocenters. The van der Waals surface area contributed by atoms with Crippen LogP contribution in [-0.2, 0) is 29.3 Å². The quantitative estimate of drug-likeness (QED) is 0.0394. The van der Waals surface area contributed by atoms with Crippen molar-refractivity contribution in [2.75, 3.05) is 0 Å². The van der Waals surface area contributed by atoms with Crippen LogP contribution in [0.2, 0.25) is 0 Å². The van der Waals surface area contributed by atoms with Crippen molar-refractivity contribution < 1.29 is 21.2 Å². The van der Waals surface area contributed by atoms with E-state index in [0.717, 1.165) is 60.2 Å². The minimum atomic E-state index is 0. The number of unbranched alkanes of at least 4 members (excludes halogenated alkanes) is 18. The molecule has 2 nitrogen and oxygen atoms in total. The average molecular weight is 768 g/mol. The summed E-state index contributed by atoms with van der Waals surface area (Å²) < 4.78 is 1.42. The number of hydrogen-bond donors (Lipinski definition) is 0. The Morgan fingerprint density at radius 1 is 0.509 bits per heavy atom. The molecule has 0 radical (unpaired) electrons. The zero-order chi connectivity index (χ0) is 38.1. The maximum Gasteiger partial charge on any atom is 2.00 e. The minimum Gasteiger partial charge on any atom is -0.493 e. The second kappa shape index (κ2) is 35.5. The van der Waals surface area contributed by atoms with Crippen LogP contribution in [0, 0.1) is 13.8 Å². The predicted octanol–water partition coefficient (Wildman–Crippen LogP) is 16.8. The van der Waals surface area contributed by atoms with Crippen LogP contribution in [0.15, 0.2) is 72.3 Å². The summed E-state index contributed by atoms with van der Waals surface area (Å²) in [5.74, 6) is 0. The minimum absolute atomic E-state index is 0. The number of nitrogens with zero attached hydrogens (tertiary/aromatic N) is 2. The zero-order valence-electron chi connectivity index (χ0n) is 35.2. The third-order valence-corrected chi connectivity index (χ3v) is 9.85. The average Bonchev–Trinajstić information content (AvgIpc) is 3.49. The molecule has 0 saturated heterocycles. The van der Waals surface area contributed by atoms with Gasteiger partial charge in [-0.15, -0.1) is 0 Å². The molecule has 3 heteroatoms. The van der Waals surface area contributed by atoms with Crippen LogP contribution in [0.25, 0.3) is 16.9 Å². The molecule has 1 aliphatic heterocycles. The first-order chi connectivity index (χ1) is 25.5. The van der Waals surface area contributed by atoms with Crippen LogP contribution in [-0.4, -0.2) is 4.70 Å². The second-order valence-electron chi connectivity index (χ2n) is 14.7. The van der Waals surface area contributed by atoms with Gasteiger partial charge in [0.25, 0.3) is 0 Å². The van der Waals surface area contributed by atoms with E-state index in [1.54, 1.807) is 0 Å². The number of allylic oxidation sites excluding steroid dienone is 4. The van der Waals surface area contributed by atoms with Crippen LogP contribution in [0.5, 0.6) is 0 Å². The van der Waals surface area contributed by atoms with E-state index in [4.69, 9.17) is 0 Å². The third kappa shape index (κ3) is 23.3. The Labute approximate surface area is 340 Å². The molecule has 0 aliphatic carbocycles. The van der Waals surface area contributed by atoms with Crippen LogP contribution < -0.4 is 0 Å². The summed E-state index contributed by atoms with van der Waals surface area (Å²) >= 11 is 0. The van der Waals surface area contributed by atoms with Crippen LogP contribution in [0.4, 0.5) is 0 Å². The summed E-state index contributed by atoms with van der Waals surface area (Å²) in [5, 5.41) is 0. The number of aryl methyl sites for hydroxylation is 2. The fourth-order valence-corrected chi connectivity index (χ4v) is 6.43. The van der Waals surface area contributed by atoms with Gasteiger partial charge >= 0.3 is 16.5 Å². The van der Waals surface area contributed by atoms with Crippen molar-refractivity contribution in [2.45, 2.75) is 195 Å². The largest absolute Gasteiger partial charge is 2.00 e. The molecule has 0 aromatic heterocycles. The van der Waals surface area contributed by atoms with Gasteiger partial charge in [0.05, 0.1) is 5.57 Å². The van der Waals surface area contributed by atoms with Gasteiger partial charge < -0.3 is 19.4 Å². The van der Waals surface area contributed by atoms with Crippen LogP contribution in [0.3, 0.4) is 0 Å². The third-order valence-electron chi connectivity index (χ3n) is 9.85. The van der Waals surface area contributed by atoms with E-state index in [1.807, 2.05) is 0 Å². The van der Waals surface area contributed by atoms with Gasteiger partial charge in [0.15, 0.2) is 0 Å². The maximum atomic E-state index is 11.5. The molecule has 0 unspecified atom stereocenters. The summed E-state index contributed by atoms with van der Waals surface area (Å²) in [6, 6.07) is 17.7. The monoisotopic (exact) mass is 767 g/mol. The molecule has 2 aromatic rings. The zero-order valence-corrected chi connectivity index (χ0v) is 36.1. The van der Waals surface area contributed by atoms with Crippen molar-refractivity contribution >= 4 is 11.4 Å². The van der Waals surface area contributed by atoms with Gasteiger partial charge in [0.1, 0.15) is 0 Å². The van der Waals surface area contributed by atoms with Crippen molar-refractivity contribution in [1.82, 2.24) is 0 Å². The molecule has 3 rings (SSSR count). The molecule has 0 N–H and O–H groups in total. The molecule has 1 aliphatic rings. The van der Waals surface area contributed by atoms with E-state index in [0.29, 0.717) is 0 Å². The molecule has 0 spiro atoms. The molecular weight excluding hydrogens is 687 g/mol. The van der Waals surface area contributed by atoms with Gasteiger partial charge in [-0.25, -0.2) is 4.70 Å². The summed E-state index contributed by atoms with van der Waals surface area (Å²) in [4.78, 5) is 0. The van der Waals surface area contributed by atoms with Crippen molar-refractivity contribution in [3.05, 3.63) is 114 Å². The van der Waals surface area contributed by atoms with E-state index in [9.17, 15) is 5.53 Å². The molecule has 2 aromatic carbocycles. The predicted molar refractivity (Wildman–Crippen MR) is 233 cm³/mol. The smallest absolute Gasteiger partial charge is 0.493 e. The van der Waals surface area contributed by atoms with Gasteiger partial charge in [0.2, 0.25) is 11.4 Å². The first-order valence-electron chi connectivity index (χ1n) is 21.9. The second-order valence-corrected chi connectivity index (χ2v) is 14.7. The fourth-order valence-electron chi connectivity index (χ4n) is 6.43. The molecule has 53 heavy (non-hydrogen) atoms. The molecular formula is C50H80N2Ni. The Kier molecular flexibility index (Phi) is 34.0. The first-order valence-corrected chi connectivity index (χ1v) is 21.9. The Bertz CT molecular complexity index is 1230. The van der Waals surface area contributed by atoms with Crippen LogP contribution >= 0.6 is 0 Å². The Morgan fingerprint density at radius 2 is 0.906 bits per heavy atom. The standard InChI is InChI=1S/C40H58N2.2C5H11.Ni/c1-4-7-10-13-14-15-16-17-18-21-24-38-33-39(36-29-25-34(26-30-36)22-19-11-8-5-2)42(41)40(38)37-31-27-35(28-32-37)23-20-12-9-6-3;2*1-3-5-4-2;/h21,24-33H,4-20,22-23H2,1-3H3;2*1,3-5H2,2H3;/q;2*-1;+2. The van der Waals surface area contributed by atoms with E-state index in [-0.39, 0.29) is 16.5 Å². The normalized spacial score (nSPS) is 12.3. The topological polar surface area (TPSA) is 25.3 Å². The summed E-state index contributed by atoms with van der Waals surface area (Å²) in [6.07, 6.45) is 38.3. The fraction of sp³-hybridized carbons (Fsp3) is 0.600. The van der Waals surface area contributed by atoms with Gasteiger partial charge in [0, 0.05) is 17.2 Å². The SMILES string of the molecule is CCCCCCCCCCC=CC1=C(c2ccc(CCCCCC)cc2)[N+](=[N-])C(c2ccc(CCCCCC)cc2)=C1.[CH2-]CCCC.[CH2-]CCCC.[Ni+2]. The summed E-state index contributed by atoms with van der Waals surface area (Å²) in [5.41, 5.74) is 19.2. The molecule has 0 fully saturated rings. The molecule has 0 bridgehead atoms. The van der Waals surface area contributed by atoms with Gasteiger partial charge in [-0.3, -0.25) is 0 Å². The van der Waals surface area contributed by atoms with Gasteiger partial charge in [-0.2, -0.15) is 12.8 Å². The summed E-state index contributed by atoms with van der Waals surface area (Å²) in [6.45, 7) is 18.5. The van der Waals surface area contributed by atoms with Crippen molar-refractivity contribution in [3.63, 3.8) is 0 Å². The van der Waals surface area contributed by atoms with Crippen molar-refractivity contribution in [1.29, 1.82) is 0 Å². The van der Waals surface area contributed by atoms with E-state index in [1.165, 1.54) is 144 Å². The van der Waals surface area contributed by atoms with Crippen molar-refractivity contribution in [3.8, 4) is 0 Å². The summed E-state index contributed by atoms with van der Waals surface area (Å²) in [7, 11) is 0. The molecule has 0 amide bonds. The molecule has 300 valence electrons. The van der Waals surface area contributed by atoms with E-state index >= 15 is 0 Å². The number of hydrogen-bond acceptors (Lipinski definition) is 0. The maximum absolute atomic E-state index is 11.5. The van der Waals surface area contributed by atoms with Crippen molar-refractivity contribution in [2.24, 2.45) is 0 Å². The molecule has 0 saturated carbocycles. The Balaban J connectivity index is 0.00000217. The van der Waals surface area contributed by atoms with Gasteiger partial charge in [-0.05, 0) is 73.9 Å².